The smallest absolute Gasteiger partial charge is 0.334 e. The molecule has 2 fully saturated rings. The van der Waals surface area contributed by atoms with Gasteiger partial charge in [-0.2, -0.15) is 0 Å². The highest BCUT2D eigenvalue weighted by Crippen LogP contribution is 2.58. The predicted octanol–water partition coefficient (Wildman–Crippen LogP) is 3.35. The quantitative estimate of drug-likeness (QED) is 0.605. The number of carbonyl (C=O) groups is 2. The van der Waals surface area contributed by atoms with Crippen LogP contribution < -0.4 is 5.73 Å². The number of nitrogens with zero attached hydrogens (tertiary/aromatic N) is 1. The Labute approximate surface area is 175 Å². The summed E-state index contributed by atoms with van der Waals surface area (Å²) < 4.78 is 5.64. The van der Waals surface area contributed by atoms with E-state index >= 15 is 0 Å². The van der Waals surface area contributed by atoms with E-state index in [1.807, 2.05) is 81.4 Å². The van der Waals surface area contributed by atoms with Crippen molar-refractivity contribution in [1.29, 1.82) is 0 Å². The molecular formula is C23H26N2O3S. The minimum atomic E-state index is -1.06. The third-order valence-corrected chi connectivity index (χ3v) is 8.07. The molecule has 6 heteroatoms. The van der Waals surface area contributed by atoms with Crippen molar-refractivity contribution in [2.45, 2.75) is 42.5 Å². The Bertz CT molecular complexity index is 879. The van der Waals surface area contributed by atoms with E-state index in [1.54, 1.807) is 16.7 Å². The SMILES string of the molecule is CC1(C)S[C@@H]2[C@H](CN)C(=O)N2[C@@]1(C)C(=O)OC(c1ccccc1)c1ccccc1. The Balaban J connectivity index is 1.68. The standard InChI is InChI=1S/C23H26N2O3S/c1-22(2)23(3,25-19(26)17(14-24)20(25)29-22)21(27)28-18(15-10-6-4-7-11-15)16-12-8-5-9-13-16/h4-13,17-18,20H,14,24H2,1-3H3/t17-,20-,23+/m1/s1. The third-order valence-electron chi connectivity index (χ3n) is 6.30. The second-order valence-corrected chi connectivity index (χ2v) is 9.99. The van der Waals surface area contributed by atoms with Crippen molar-refractivity contribution in [1.82, 2.24) is 4.90 Å². The molecule has 0 aliphatic carbocycles. The molecule has 2 heterocycles. The van der Waals surface area contributed by atoms with E-state index < -0.39 is 16.4 Å². The summed E-state index contributed by atoms with van der Waals surface area (Å²) in [4.78, 5) is 28.0. The number of amides is 1. The van der Waals surface area contributed by atoms with Gasteiger partial charge in [0, 0.05) is 11.3 Å². The van der Waals surface area contributed by atoms with Crippen LogP contribution in [0.1, 0.15) is 38.0 Å². The molecule has 2 aliphatic heterocycles. The normalized spacial score (nSPS) is 27.5. The van der Waals surface area contributed by atoms with E-state index in [2.05, 4.69) is 0 Å². The number of hydrogen-bond acceptors (Lipinski definition) is 5. The van der Waals surface area contributed by atoms with E-state index in [0.29, 0.717) is 6.54 Å². The lowest BCUT2D eigenvalue weighted by molar-refractivity contribution is -0.178. The van der Waals surface area contributed by atoms with Gasteiger partial charge in [-0.25, -0.2) is 4.79 Å². The van der Waals surface area contributed by atoms with Gasteiger partial charge in [0.25, 0.3) is 0 Å². The number of esters is 1. The van der Waals surface area contributed by atoms with Crippen molar-refractivity contribution in [2.75, 3.05) is 6.54 Å². The van der Waals surface area contributed by atoms with Gasteiger partial charge < -0.3 is 15.4 Å². The number of nitrogens with two attached hydrogens (primary N) is 1. The lowest BCUT2D eigenvalue weighted by atomic mass is 9.81. The summed E-state index contributed by atoms with van der Waals surface area (Å²) in [6.45, 7) is 6.11. The first-order valence-corrected chi connectivity index (χ1v) is 10.7. The Morgan fingerprint density at radius 1 is 1.07 bits per heavy atom. The number of ether oxygens (including phenoxy) is 1. The summed E-state index contributed by atoms with van der Waals surface area (Å²) in [5, 5.41) is -0.0769. The first-order chi connectivity index (χ1) is 13.8. The lowest BCUT2D eigenvalue weighted by Gasteiger charge is -2.49. The predicted molar refractivity (Wildman–Crippen MR) is 114 cm³/mol. The molecule has 0 radical (unpaired) electrons. The molecule has 3 atom stereocenters. The monoisotopic (exact) mass is 410 g/mol. The first kappa shape index (κ1) is 20.0. The minimum absolute atomic E-state index is 0.0639. The average molecular weight is 411 g/mol. The molecule has 2 N–H and O–H groups in total. The number of benzene rings is 2. The molecule has 0 spiro atoms. The van der Waals surface area contributed by atoms with E-state index in [0.717, 1.165) is 11.1 Å². The maximum Gasteiger partial charge on any atom is 0.334 e. The third kappa shape index (κ3) is 2.97. The van der Waals surface area contributed by atoms with Crippen LogP contribution in [-0.4, -0.2) is 39.0 Å². The lowest BCUT2D eigenvalue weighted by Crippen LogP contribution is -2.70. The van der Waals surface area contributed by atoms with Gasteiger partial charge in [-0.3, -0.25) is 4.79 Å². The molecule has 0 saturated carbocycles. The van der Waals surface area contributed by atoms with Gasteiger partial charge in [-0.05, 0) is 31.9 Å². The van der Waals surface area contributed by atoms with Crippen molar-refractivity contribution >= 4 is 23.6 Å². The van der Waals surface area contributed by atoms with Crippen LogP contribution in [0.3, 0.4) is 0 Å². The van der Waals surface area contributed by atoms with Crippen LogP contribution >= 0.6 is 11.8 Å². The average Bonchev–Trinajstić information content (AvgIpc) is 2.91. The molecule has 2 aromatic carbocycles. The molecule has 152 valence electrons. The zero-order valence-corrected chi connectivity index (χ0v) is 17.7. The van der Waals surface area contributed by atoms with Gasteiger partial charge in [0.1, 0.15) is 0 Å². The van der Waals surface area contributed by atoms with Crippen LogP contribution in [0, 0.1) is 5.92 Å². The van der Waals surface area contributed by atoms with Crippen LogP contribution in [0.4, 0.5) is 0 Å². The Kier molecular flexibility index (Phi) is 4.95. The topological polar surface area (TPSA) is 72.6 Å². The van der Waals surface area contributed by atoms with Gasteiger partial charge in [0.15, 0.2) is 11.6 Å². The molecule has 2 aromatic rings. The van der Waals surface area contributed by atoms with Gasteiger partial charge in [0.2, 0.25) is 5.91 Å². The minimum Gasteiger partial charge on any atom is -0.451 e. The Hall–Kier alpha value is -2.31. The van der Waals surface area contributed by atoms with Crippen LogP contribution in [0.2, 0.25) is 0 Å². The number of thioether (sulfide) groups is 1. The number of hydrogen-bond donors (Lipinski definition) is 1. The summed E-state index contributed by atoms with van der Waals surface area (Å²) in [5.41, 5.74) is 6.51. The molecule has 5 nitrogen and oxygen atoms in total. The van der Waals surface area contributed by atoms with Crippen molar-refractivity contribution < 1.29 is 14.3 Å². The molecule has 0 unspecified atom stereocenters. The maximum absolute atomic E-state index is 13.6. The number of fused-ring (bicyclic) bond motifs is 1. The van der Waals surface area contributed by atoms with Crippen LogP contribution in [-0.2, 0) is 14.3 Å². The van der Waals surface area contributed by atoms with E-state index in [9.17, 15) is 9.59 Å². The molecule has 0 aromatic heterocycles. The maximum atomic E-state index is 13.6. The van der Waals surface area contributed by atoms with Crippen molar-refractivity contribution in [2.24, 2.45) is 11.7 Å². The summed E-state index contributed by atoms with van der Waals surface area (Å²) in [5.74, 6) is -0.682. The second kappa shape index (κ2) is 7.18. The van der Waals surface area contributed by atoms with Gasteiger partial charge in [-0.1, -0.05) is 60.7 Å². The Morgan fingerprint density at radius 2 is 1.59 bits per heavy atom. The van der Waals surface area contributed by atoms with E-state index in [-0.39, 0.29) is 23.2 Å². The first-order valence-electron chi connectivity index (χ1n) is 9.83. The highest BCUT2D eigenvalue weighted by Gasteiger charge is 2.70. The zero-order valence-electron chi connectivity index (χ0n) is 16.9. The van der Waals surface area contributed by atoms with Gasteiger partial charge >= 0.3 is 5.97 Å². The highest BCUT2D eigenvalue weighted by molar-refractivity contribution is 8.01. The molecule has 4 rings (SSSR count). The zero-order chi connectivity index (χ0) is 20.8. The van der Waals surface area contributed by atoms with E-state index in [1.165, 1.54) is 0 Å². The van der Waals surface area contributed by atoms with Gasteiger partial charge in [-0.15, -0.1) is 11.8 Å². The summed E-state index contributed by atoms with van der Waals surface area (Å²) >= 11 is 1.63. The van der Waals surface area contributed by atoms with E-state index in [4.69, 9.17) is 10.5 Å². The molecule has 0 bridgehead atoms. The van der Waals surface area contributed by atoms with Crippen molar-refractivity contribution in [3.05, 3.63) is 71.8 Å². The molecule has 29 heavy (non-hydrogen) atoms. The van der Waals surface area contributed by atoms with Crippen LogP contribution in [0.25, 0.3) is 0 Å². The fourth-order valence-electron chi connectivity index (χ4n) is 4.21. The van der Waals surface area contributed by atoms with Gasteiger partial charge in [0.05, 0.1) is 11.3 Å². The fraction of sp³-hybridized carbons (Fsp3) is 0.391. The summed E-state index contributed by atoms with van der Waals surface area (Å²) in [7, 11) is 0. The molecule has 2 saturated heterocycles. The Morgan fingerprint density at radius 3 is 2.07 bits per heavy atom. The summed E-state index contributed by atoms with van der Waals surface area (Å²) in [6, 6.07) is 19.4. The van der Waals surface area contributed by atoms with Crippen molar-refractivity contribution in [3.63, 3.8) is 0 Å². The van der Waals surface area contributed by atoms with Crippen LogP contribution in [0.5, 0.6) is 0 Å². The van der Waals surface area contributed by atoms with Crippen molar-refractivity contribution in [3.8, 4) is 0 Å². The number of β-lactam (4-membered cyclic amide) rings is 1. The molecule has 2 aliphatic rings. The number of carbonyl (C=O) groups excluding carboxylic acids is 2. The molecular weight excluding hydrogens is 384 g/mol. The van der Waals surface area contributed by atoms with Crippen LogP contribution in [0.15, 0.2) is 60.7 Å². The number of rotatable bonds is 5. The largest absolute Gasteiger partial charge is 0.451 e. The fourth-order valence-corrected chi connectivity index (χ4v) is 6.03. The molecule has 1 amide bonds. The second-order valence-electron chi connectivity index (χ2n) is 8.25. The highest BCUT2D eigenvalue weighted by atomic mass is 32.2. The summed E-state index contributed by atoms with van der Waals surface area (Å²) in [6.07, 6.45) is -0.539.